The van der Waals surface area contributed by atoms with Crippen molar-refractivity contribution in [2.24, 2.45) is 0 Å². The molecule has 0 spiro atoms. The van der Waals surface area contributed by atoms with Gasteiger partial charge in [0.05, 0.1) is 6.20 Å². The minimum atomic E-state index is 0.246. The molecule has 1 atom stereocenters. The lowest BCUT2D eigenvalue weighted by atomic mass is 10.00. The third-order valence-electron chi connectivity index (χ3n) is 3.63. The van der Waals surface area contributed by atoms with E-state index in [0.717, 1.165) is 30.9 Å². The zero-order valence-corrected chi connectivity index (χ0v) is 10.4. The van der Waals surface area contributed by atoms with Gasteiger partial charge in [0.1, 0.15) is 5.82 Å². The summed E-state index contributed by atoms with van der Waals surface area (Å²) in [5.41, 5.74) is 0.876. The van der Waals surface area contributed by atoms with Gasteiger partial charge in [-0.3, -0.25) is 0 Å². The molecule has 1 aliphatic rings. The second kappa shape index (κ2) is 4.94. The lowest BCUT2D eigenvalue weighted by Gasteiger charge is -2.36. The Morgan fingerprint density at radius 1 is 1.33 bits per heavy atom. The Kier molecular flexibility index (Phi) is 3.15. The Bertz CT molecular complexity index is 522. The molecule has 1 unspecified atom stereocenters. The van der Waals surface area contributed by atoms with Gasteiger partial charge in [0.25, 0.3) is 0 Å². The first-order valence-electron chi connectivity index (χ1n) is 6.56. The molecule has 0 bridgehead atoms. The number of aromatic nitrogens is 3. The summed E-state index contributed by atoms with van der Waals surface area (Å²) in [4.78, 5) is 6.96. The van der Waals surface area contributed by atoms with E-state index in [0.29, 0.717) is 6.04 Å². The first kappa shape index (κ1) is 11.5. The molecule has 3 rings (SSSR count). The van der Waals surface area contributed by atoms with E-state index in [1.54, 1.807) is 10.7 Å². The molecule has 0 saturated carbocycles. The lowest BCUT2D eigenvalue weighted by Crippen LogP contribution is -2.40. The number of piperidine rings is 1. The summed E-state index contributed by atoms with van der Waals surface area (Å²) in [5.74, 6) is 1.00. The molecule has 96 valence electrons. The van der Waals surface area contributed by atoms with E-state index in [9.17, 15) is 0 Å². The fraction of sp³-hybridized carbons (Fsp3) is 0.538. The predicted molar refractivity (Wildman–Crippen MR) is 69.7 cm³/mol. The first-order chi connectivity index (χ1) is 8.88. The monoisotopic (exact) mass is 246 g/mol. The van der Waals surface area contributed by atoms with E-state index in [1.165, 1.54) is 12.8 Å². The Hall–Kier alpha value is -1.62. The van der Waals surface area contributed by atoms with Crippen LogP contribution in [0, 0.1) is 0 Å². The number of hydrogen-bond acceptors (Lipinski definition) is 4. The van der Waals surface area contributed by atoms with E-state index < -0.39 is 0 Å². The summed E-state index contributed by atoms with van der Waals surface area (Å²) in [5, 5.41) is 13.3. The van der Waals surface area contributed by atoms with E-state index >= 15 is 0 Å². The number of nitrogens with zero attached hydrogens (tertiary/aromatic N) is 4. The predicted octanol–water partition coefficient (Wildman–Crippen LogP) is 1.47. The number of hydrogen-bond donors (Lipinski definition) is 1. The fourth-order valence-corrected chi connectivity index (χ4v) is 2.71. The van der Waals surface area contributed by atoms with Gasteiger partial charge in [-0.25, -0.2) is 9.50 Å². The largest absolute Gasteiger partial charge is 0.396 e. The van der Waals surface area contributed by atoms with Crippen LogP contribution in [0.15, 0.2) is 24.5 Å². The van der Waals surface area contributed by atoms with Gasteiger partial charge < -0.3 is 10.0 Å². The van der Waals surface area contributed by atoms with Gasteiger partial charge in [0.2, 0.25) is 0 Å². The van der Waals surface area contributed by atoms with Crippen LogP contribution < -0.4 is 4.90 Å². The molecule has 0 amide bonds. The molecule has 1 saturated heterocycles. The number of aliphatic hydroxyl groups is 1. The number of anilines is 1. The Balaban J connectivity index is 1.90. The van der Waals surface area contributed by atoms with Crippen LogP contribution in [0.25, 0.3) is 5.65 Å². The second-order valence-electron chi connectivity index (χ2n) is 4.77. The van der Waals surface area contributed by atoms with Crippen molar-refractivity contribution in [2.45, 2.75) is 31.7 Å². The van der Waals surface area contributed by atoms with Crippen LogP contribution in [-0.4, -0.2) is 38.9 Å². The summed E-state index contributed by atoms with van der Waals surface area (Å²) in [6.45, 7) is 1.28. The van der Waals surface area contributed by atoms with Crippen molar-refractivity contribution in [3.63, 3.8) is 0 Å². The quantitative estimate of drug-likeness (QED) is 0.891. The number of rotatable bonds is 3. The highest BCUT2D eigenvalue weighted by molar-refractivity contribution is 5.48. The van der Waals surface area contributed by atoms with Crippen LogP contribution in [0.3, 0.4) is 0 Å². The third-order valence-corrected chi connectivity index (χ3v) is 3.63. The lowest BCUT2D eigenvalue weighted by molar-refractivity contribution is 0.262. The number of fused-ring (bicyclic) bond motifs is 1. The third kappa shape index (κ3) is 2.06. The standard InChI is InChI=1S/C13H18N4O/c18-10-6-11-3-1-2-8-16(11)12-5-9-17-13(15-12)4-7-14-17/h4-5,7,9,11,18H,1-3,6,8,10H2. The normalized spacial score (nSPS) is 20.5. The van der Waals surface area contributed by atoms with Crippen LogP contribution in [0.5, 0.6) is 0 Å². The SMILES string of the molecule is OCCC1CCCCN1c1ccn2nccc2n1. The topological polar surface area (TPSA) is 53.7 Å². The molecule has 0 aromatic carbocycles. The molecule has 2 aromatic heterocycles. The van der Waals surface area contributed by atoms with Crippen LogP contribution in [0.2, 0.25) is 0 Å². The molecule has 5 nitrogen and oxygen atoms in total. The average molecular weight is 246 g/mol. The van der Waals surface area contributed by atoms with Crippen molar-refractivity contribution in [3.8, 4) is 0 Å². The smallest absolute Gasteiger partial charge is 0.157 e. The summed E-state index contributed by atoms with van der Waals surface area (Å²) < 4.78 is 1.77. The molecule has 18 heavy (non-hydrogen) atoms. The minimum Gasteiger partial charge on any atom is -0.396 e. The zero-order chi connectivity index (χ0) is 12.4. The molecule has 5 heteroatoms. The van der Waals surface area contributed by atoms with Crippen LogP contribution in [-0.2, 0) is 0 Å². The summed E-state index contributed by atoms with van der Waals surface area (Å²) in [6.07, 6.45) is 8.12. The van der Waals surface area contributed by atoms with E-state index in [2.05, 4.69) is 15.0 Å². The molecule has 0 aliphatic carbocycles. The second-order valence-corrected chi connectivity index (χ2v) is 4.77. The fourth-order valence-electron chi connectivity index (χ4n) is 2.71. The highest BCUT2D eigenvalue weighted by Crippen LogP contribution is 2.25. The maximum atomic E-state index is 9.16. The van der Waals surface area contributed by atoms with Crippen LogP contribution in [0.4, 0.5) is 5.82 Å². The van der Waals surface area contributed by atoms with Crippen molar-refractivity contribution in [2.75, 3.05) is 18.1 Å². The Labute approximate surface area is 106 Å². The zero-order valence-electron chi connectivity index (χ0n) is 10.4. The molecule has 3 heterocycles. The van der Waals surface area contributed by atoms with Gasteiger partial charge in [-0.15, -0.1) is 0 Å². The van der Waals surface area contributed by atoms with Crippen molar-refractivity contribution in [1.82, 2.24) is 14.6 Å². The van der Waals surface area contributed by atoms with Gasteiger partial charge in [0, 0.05) is 31.5 Å². The summed E-state index contributed by atoms with van der Waals surface area (Å²) >= 11 is 0. The molecular formula is C13H18N4O. The van der Waals surface area contributed by atoms with Gasteiger partial charge in [-0.1, -0.05) is 0 Å². The van der Waals surface area contributed by atoms with Gasteiger partial charge >= 0.3 is 0 Å². The Morgan fingerprint density at radius 2 is 2.28 bits per heavy atom. The van der Waals surface area contributed by atoms with E-state index in [1.807, 2.05) is 18.3 Å². The maximum Gasteiger partial charge on any atom is 0.157 e. The van der Waals surface area contributed by atoms with E-state index in [-0.39, 0.29) is 6.61 Å². The van der Waals surface area contributed by atoms with Crippen molar-refractivity contribution < 1.29 is 5.11 Å². The summed E-state index contributed by atoms with van der Waals surface area (Å²) in [7, 11) is 0. The van der Waals surface area contributed by atoms with Crippen LogP contribution >= 0.6 is 0 Å². The van der Waals surface area contributed by atoms with Gasteiger partial charge in [-0.05, 0) is 31.7 Å². The first-order valence-corrected chi connectivity index (χ1v) is 6.56. The molecule has 1 N–H and O–H groups in total. The van der Waals surface area contributed by atoms with Gasteiger partial charge in [-0.2, -0.15) is 5.10 Å². The highest BCUT2D eigenvalue weighted by atomic mass is 16.3. The minimum absolute atomic E-state index is 0.246. The highest BCUT2D eigenvalue weighted by Gasteiger charge is 2.23. The van der Waals surface area contributed by atoms with Crippen molar-refractivity contribution in [3.05, 3.63) is 24.5 Å². The van der Waals surface area contributed by atoms with Crippen molar-refractivity contribution in [1.29, 1.82) is 0 Å². The van der Waals surface area contributed by atoms with E-state index in [4.69, 9.17) is 5.11 Å². The number of aliphatic hydroxyl groups excluding tert-OH is 1. The maximum absolute atomic E-state index is 9.16. The molecule has 0 radical (unpaired) electrons. The van der Waals surface area contributed by atoms with Gasteiger partial charge in [0.15, 0.2) is 5.65 Å². The molecule has 1 aliphatic heterocycles. The summed E-state index contributed by atoms with van der Waals surface area (Å²) in [6, 6.07) is 4.34. The molecule has 1 fully saturated rings. The van der Waals surface area contributed by atoms with Crippen molar-refractivity contribution >= 4 is 11.5 Å². The molecular weight excluding hydrogens is 228 g/mol. The average Bonchev–Trinajstić information content (AvgIpc) is 2.87. The van der Waals surface area contributed by atoms with Crippen LogP contribution in [0.1, 0.15) is 25.7 Å². The Morgan fingerprint density at radius 3 is 3.17 bits per heavy atom. The molecule has 2 aromatic rings.